The van der Waals surface area contributed by atoms with Crippen molar-refractivity contribution in [1.29, 1.82) is 0 Å². The number of rotatable bonds is 3. The number of pyridine rings is 1. The van der Waals surface area contributed by atoms with Gasteiger partial charge >= 0.3 is 5.97 Å². The monoisotopic (exact) mass is 265 g/mol. The number of aromatic carboxylic acids is 1. The molecule has 3 saturated heterocycles. The number of carboxylic acids is 1. The molecule has 1 aromatic heterocycles. The number of nitrogens with zero attached hydrogens (tertiary/aromatic N) is 2. The van der Waals surface area contributed by atoms with Crippen molar-refractivity contribution in [1.82, 2.24) is 9.88 Å². The molecule has 2 N–H and O–H groups in total. The van der Waals surface area contributed by atoms with Gasteiger partial charge in [-0.25, -0.2) is 14.2 Å². The van der Waals surface area contributed by atoms with Crippen LogP contribution in [-0.4, -0.2) is 46.6 Å². The Morgan fingerprint density at radius 2 is 2.21 bits per heavy atom. The lowest BCUT2D eigenvalue weighted by Gasteiger charge is -2.45. The molecular weight excluding hydrogens is 249 g/mol. The summed E-state index contributed by atoms with van der Waals surface area (Å²) in [5.74, 6) is -0.959. The normalized spacial score (nSPS) is 29.2. The Morgan fingerprint density at radius 3 is 2.79 bits per heavy atom. The SMILES string of the molecule is O=C(O)c1cc(F)cnc1NC1CN2CCC1CC2. The zero-order valence-electron chi connectivity index (χ0n) is 10.5. The van der Waals surface area contributed by atoms with Gasteiger partial charge in [0.15, 0.2) is 0 Å². The molecule has 4 heterocycles. The Balaban J connectivity index is 1.81. The fourth-order valence-corrected chi connectivity index (χ4v) is 3.02. The van der Waals surface area contributed by atoms with Crippen LogP contribution in [0.4, 0.5) is 10.2 Å². The molecule has 19 heavy (non-hydrogen) atoms. The van der Waals surface area contributed by atoms with Gasteiger partial charge in [0.05, 0.1) is 6.20 Å². The van der Waals surface area contributed by atoms with Crippen LogP contribution in [0.25, 0.3) is 0 Å². The minimum Gasteiger partial charge on any atom is -0.478 e. The molecule has 1 aromatic rings. The van der Waals surface area contributed by atoms with Gasteiger partial charge in [0.2, 0.25) is 0 Å². The number of halogens is 1. The summed E-state index contributed by atoms with van der Waals surface area (Å²) >= 11 is 0. The van der Waals surface area contributed by atoms with Gasteiger partial charge in [0, 0.05) is 12.6 Å². The molecule has 0 aromatic carbocycles. The maximum Gasteiger partial charge on any atom is 0.339 e. The van der Waals surface area contributed by atoms with E-state index in [0.717, 1.165) is 44.7 Å². The zero-order chi connectivity index (χ0) is 13.4. The largest absolute Gasteiger partial charge is 0.478 e. The molecule has 1 unspecified atom stereocenters. The Hall–Kier alpha value is -1.69. The Labute approximate surface area is 110 Å². The number of hydrogen-bond donors (Lipinski definition) is 2. The molecular formula is C13H16FN3O2. The van der Waals surface area contributed by atoms with Gasteiger partial charge in [-0.1, -0.05) is 0 Å². The number of hydrogen-bond acceptors (Lipinski definition) is 4. The maximum absolute atomic E-state index is 13.1. The second-order valence-electron chi connectivity index (χ2n) is 5.24. The van der Waals surface area contributed by atoms with E-state index >= 15 is 0 Å². The number of fused-ring (bicyclic) bond motifs is 3. The molecule has 2 bridgehead atoms. The summed E-state index contributed by atoms with van der Waals surface area (Å²) in [4.78, 5) is 17.4. The van der Waals surface area contributed by atoms with Gasteiger partial charge in [0.25, 0.3) is 0 Å². The van der Waals surface area contributed by atoms with E-state index in [1.807, 2.05) is 0 Å². The second-order valence-corrected chi connectivity index (χ2v) is 5.24. The lowest BCUT2D eigenvalue weighted by Crippen LogP contribution is -2.53. The summed E-state index contributed by atoms with van der Waals surface area (Å²) in [6.45, 7) is 3.14. The van der Waals surface area contributed by atoms with Gasteiger partial charge < -0.3 is 15.3 Å². The molecule has 0 saturated carbocycles. The van der Waals surface area contributed by atoms with Crippen LogP contribution in [0.3, 0.4) is 0 Å². The number of piperidine rings is 3. The van der Waals surface area contributed by atoms with Crippen molar-refractivity contribution >= 4 is 11.8 Å². The number of anilines is 1. The third-order valence-corrected chi connectivity index (χ3v) is 4.06. The van der Waals surface area contributed by atoms with Crippen LogP contribution in [-0.2, 0) is 0 Å². The van der Waals surface area contributed by atoms with Crippen molar-refractivity contribution in [3.8, 4) is 0 Å². The molecule has 0 spiro atoms. The van der Waals surface area contributed by atoms with Crippen LogP contribution in [0.5, 0.6) is 0 Å². The van der Waals surface area contributed by atoms with E-state index in [0.29, 0.717) is 5.92 Å². The van der Waals surface area contributed by atoms with Crippen molar-refractivity contribution in [2.24, 2.45) is 5.92 Å². The van der Waals surface area contributed by atoms with Crippen LogP contribution in [0.15, 0.2) is 12.3 Å². The van der Waals surface area contributed by atoms with Crippen LogP contribution < -0.4 is 5.32 Å². The topological polar surface area (TPSA) is 65.5 Å². The molecule has 3 fully saturated rings. The first kappa shape index (κ1) is 12.3. The Kier molecular flexibility index (Phi) is 3.10. The Bertz CT molecular complexity index is 501. The average Bonchev–Trinajstić information content (AvgIpc) is 2.42. The predicted octanol–water partition coefficient (Wildman–Crippen LogP) is 1.43. The molecule has 0 aliphatic carbocycles. The van der Waals surface area contributed by atoms with Crippen LogP contribution >= 0.6 is 0 Å². The van der Waals surface area contributed by atoms with Crippen molar-refractivity contribution in [2.75, 3.05) is 25.0 Å². The average molecular weight is 265 g/mol. The molecule has 6 heteroatoms. The van der Waals surface area contributed by atoms with E-state index in [1.165, 1.54) is 0 Å². The van der Waals surface area contributed by atoms with Crippen LogP contribution in [0.2, 0.25) is 0 Å². The van der Waals surface area contributed by atoms with Gasteiger partial charge in [-0.2, -0.15) is 0 Å². The number of nitrogens with one attached hydrogen (secondary N) is 1. The van der Waals surface area contributed by atoms with E-state index in [1.54, 1.807) is 0 Å². The van der Waals surface area contributed by atoms with Crippen molar-refractivity contribution in [3.63, 3.8) is 0 Å². The second kappa shape index (κ2) is 4.77. The van der Waals surface area contributed by atoms with E-state index in [2.05, 4.69) is 15.2 Å². The highest BCUT2D eigenvalue weighted by atomic mass is 19.1. The van der Waals surface area contributed by atoms with Crippen LogP contribution in [0, 0.1) is 11.7 Å². The minimum atomic E-state index is -1.16. The number of carboxylic acid groups (broad SMARTS) is 1. The number of carbonyl (C=O) groups is 1. The first-order chi connectivity index (χ1) is 9.13. The summed E-state index contributed by atoms with van der Waals surface area (Å²) in [5, 5.41) is 12.3. The first-order valence-electron chi connectivity index (χ1n) is 6.51. The van der Waals surface area contributed by atoms with E-state index < -0.39 is 11.8 Å². The quantitative estimate of drug-likeness (QED) is 0.865. The minimum absolute atomic E-state index is 0.101. The lowest BCUT2D eigenvalue weighted by molar-refractivity contribution is 0.0696. The molecule has 4 rings (SSSR count). The zero-order valence-corrected chi connectivity index (χ0v) is 10.5. The Morgan fingerprint density at radius 1 is 1.47 bits per heavy atom. The maximum atomic E-state index is 13.1. The van der Waals surface area contributed by atoms with Crippen molar-refractivity contribution in [2.45, 2.75) is 18.9 Å². The summed E-state index contributed by atoms with van der Waals surface area (Å²) in [5.41, 5.74) is -0.101. The molecule has 1 atom stereocenters. The smallest absolute Gasteiger partial charge is 0.339 e. The molecule has 0 amide bonds. The van der Waals surface area contributed by atoms with Gasteiger partial charge in [-0.15, -0.1) is 0 Å². The van der Waals surface area contributed by atoms with Crippen LogP contribution in [0.1, 0.15) is 23.2 Å². The third kappa shape index (κ3) is 2.40. The van der Waals surface area contributed by atoms with Crippen molar-refractivity contribution < 1.29 is 14.3 Å². The van der Waals surface area contributed by atoms with Gasteiger partial charge in [-0.05, 0) is 37.9 Å². The highest BCUT2D eigenvalue weighted by molar-refractivity contribution is 5.93. The van der Waals surface area contributed by atoms with E-state index in [-0.39, 0.29) is 17.4 Å². The fraction of sp³-hybridized carbons (Fsp3) is 0.538. The summed E-state index contributed by atoms with van der Waals surface area (Å²) in [6, 6.07) is 1.22. The molecule has 5 nitrogen and oxygen atoms in total. The summed E-state index contributed by atoms with van der Waals surface area (Å²) in [7, 11) is 0. The highest BCUT2D eigenvalue weighted by Crippen LogP contribution is 2.30. The van der Waals surface area contributed by atoms with Gasteiger partial charge in [-0.3, -0.25) is 0 Å². The standard InChI is InChI=1S/C13H16FN3O2/c14-9-5-10(13(18)19)12(15-6-9)16-11-7-17-3-1-8(11)2-4-17/h5-6,8,11H,1-4,7H2,(H,15,16)(H,18,19). The highest BCUT2D eigenvalue weighted by Gasteiger charge is 2.34. The number of aromatic nitrogens is 1. The van der Waals surface area contributed by atoms with E-state index in [4.69, 9.17) is 5.11 Å². The third-order valence-electron chi connectivity index (χ3n) is 4.06. The fourth-order valence-electron chi connectivity index (χ4n) is 3.02. The molecule has 0 radical (unpaired) electrons. The summed E-state index contributed by atoms with van der Waals surface area (Å²) in [6.07, 6.45) is 3.30. The van der Waals surface area contributed by atoms with Gasteiger partial charge in [0.1, 0.15) is 17.2 Å². The first-order valence-corrected chi connectivity index (χ1v) is 6.51. The molecule has 3 aliphatic rings. The van der Waals surface area contributed by atoms with Crippen molar-refractivity contribution in [3.05, 3.63) is 23.6 Å². The molecule has 102 valence electrons. The molecule has 3 aliphatic heterocycles. The predicted molar refractivity (Wildman–Crippen MR) is 67.7 cm³/mol. The summed E-state index contributed by atoms with van der Waals surface area (Å²) < 4.78 is 13.1. The van der Waals surface area contributed by atoms with E-state index in [9.17, 15) is 9.18 Å². The lowest BCUT2D eigenvalue weighted by atomic mass is 9.84.